The van der Waals surface area contributed by atoms with Gasteiger partial charge in [0.1, 0.15) is 18.1 Å². The Labute approximate surface area is 172 Å². The summed E-state index contributed by atoms with van der Waals surface area (Å²) in [6, 6.07) is 17.5. The molecule has 29 heavy (non-hydrogen) atoms. The molecule has 0 radical (unpaired) electrons. The Morgan fingerprint density at radius 1 is 0.862 bits per heavy atom. The highest BCUT2D eigenvalue weighted by atomic mass is 16.5. The molecule has 0 aliphatic rings. The summed E-state index contributed by atoms with van der Waals surface area (Å²) in [5.74, 6) is 1.33. The molecule has 3 aromatic rings. The highest BCUT2D eigenvalue weighted by Crippen LogP contribution is 2.24. The van der Waals surface area contributed by atoms with Crippen LogP contribution >= 0.6 is 0 Å². The van der Waals surface area contributed by atoms with Crippen LogP contribution in [-0.4, -0.2) is 13.0 Å². The Morgan fingerprint density at radius 2 is 1.59 bits per heavy atom. The molecule has 4 heteroatoms. The summed E-state index contributed by atoms with van der Waals surface area (Å²) in [7, 11) is 1.62. The molecule has 4 nitrogen and oxygen atoms in total. The van der Waals surface area contributed by atoms with Crippen molar-refractivity contribution in [1.29, 1.82) is 0 Å². The van der Waals surface area contributed by atoms with Crippen molar-refractivity contribution in [3.05, 3.63) is 88.0 Å². The normalized spacial score (nSPS) is 10.5. The fraction of sp³-hybridized carbons (Fsp3) is 0.240. The number of methoxy groups -OCH3 is 1. The number of ether oxygens (including phenoxy) is 2. The number of nitrogens with one attached hydrogen (secondary N) is 1. The van der Waals surface area contributed by atoms with Crippen LogP contribution < -0.4 is 14.8 Å². The lowest BCUT2D eigenvalue weighted by Gasteiger charge is -2.14. The van der Waals surface area contributed by atoms with Gasteiger partial charge in [0.25, 0.3) is 5.91 Å². The molecule has 0 fully saturated rings. The maximum atomic E-state index is 12.8. The van der Waals surface area contributed by atoms with E-state index in [0.29, 0.717) is 17.9 Å². The highest BCUT2D eigenvalue weighted by Gasteiger charge is 2.12. The van der Waals surface area contributed by atoms with Gasteiger partial charge in [-0.05, 0) is 86.3 Å². The summed E-state index contributed by atoms with van der Waals surface area (Å²) in [5, 5.41) is 3.00. The van der Waals surface area contributed by atoms with Crippen molar-refractivity contribution < 1.29 is 14.3 Å². The van der Waals surface area contributed by atoms with E-state index in [1.165, 1.54) is 0 Å². The standard InChI is InChI=1S/C25H27NO3/c1-16-6-7-19(4)23(13-16)26-25(27)20-8-9-24(28-5)21(14-20)15-29-22-11-17(2)10-18(3)12-22/h6-14H,15H2,1-5H3,(H,26,27). The molecule has 0 bridgehead atoms. The Kier molecular flexibility index (Phi) is 6.23. The third-order valence-electron chi connectivity index (χ3n) is 4.77. The van der Waals surface area contributed by atoms with E-state index in [4.69, 9.17) is 9.47 Å². The van der Waals surface area contributed by atoms with Gasteiger partial charge in [0.2, 0.25) is 0 Å². The first-order valence-corrected chi connectivity index (χ1v) is 9.62. The van der Waals surface area contributed by atoms with Crippen molar-refractivity contribution in [1.82, 2.24) is 0 Å². The molecule has 0 atom stereocenters. The van der Waals surface area contributed by atoms with Crippen molar-refractivity contribution in [2.75, 3.05) is 12.4 Å². The van der Waals surface area contributed by atoms with Crippen LogP contribution in [0.4, 0.5) is 5.69 Å². The molecule has 0 aliphatic carbocycles. The lowest BCUT2D eigenvalue weighted by Crippen LogP contribution is -2.13. The zero-order chi connectivity index (χ0) is 21.0. The number of amides is 1. The van der Waals surface area contributed by atoms with Crippen molar-refractivity contribution in [2.24, 2.45) is 0 Å². The van der Waals surface area contributed by atoms with Crippen molar-refractivity contribution in [2.45, 2.75) is 34.3 Å². The molecule has 1 N–H and O–H groups in total. The quantitative estimate of drug-likeness (QED) is 0.583. The molecule has 3 rings (SSSR count). The minimum atomic E-state index is -0.158. The van der Waals surface area contributed by atoms with Crippen molar-refractivity contribution >= 4 is 11.6 Å². The van der Waals surface area contributed by atoms with Crippen LogP contribution in [0.25, 0.3) is 0 Å². The van der Waals surface area contributed by atoms with Gasteiger partial charge in [0, 0.05) is 16.8 Å². The molecule has 3 aromatic carbocycles. The molecule has 0 heterocycles. The van der Waals surface area contributed by atoms with E-state index in [1.807, 2.05) is 64.1 Å². The minimum absolute atomic E-state index is 0.158. The number of carbonyl (C=O) groups excluding carboxylic acids is 1. The molecule has 0 saturated heterocycles. The van der Waals surface area contributed by atoms with E-state index >= 15 is 0 Å². The number of aryl methyl sites for hydroxylation is 4. The van der Waals surface area contributed by atoms with Gasteiger partial charge in [0.05, 0.1) is 7.11 Å². The molecule has 0 aliphatic heterocycles. The number of carbonyl (C=O) groups is 1. The van der Waals surface area contributed by atoms with Gasteiger partial charge in [-0.15, -0.1) is 0 Å². The van der Waals surface area contributed by atoms with Crippen LogP contribution in [0, 0.1) is 27.7 Å². The molecular formula is C25H27NO3. The molecule has 0 spiro atoms. The fourth-order valence-corrected chi connectivity index (χ4v) is 3.27. The second kappa shape index (κ2) is 8.82. The summed E-state index contributed by atoms with van der Waals surface area (Å²) in [5.41, 5.74) is 6.62. The zero-order valence-electron chi connectivity index (χ0n) is 17.6. The molecular weight excluding hydrogens is 362 g/mol. The van der Waals surface area contributed by atoms with Crippen molar-refractivity contribution in [3.8, 4) is 11.5 Å². The van der Waals surface area contributed by atoms with Gasteiger partial charge in [-0.3, -0.25) is 4.79 Å². The van der Waals surface area contributed by atoms with Crippen LogP contribution in [0.1, 0.15) is 38.2 Å². The first-order valence-electron chi connectivity index (χ1n) is 9.62. The third-order valence-corrected chi connectivity index (χ3v) is 4.77. The van der Waals surface area contributed by atoms with Crippen molar-refractivity contribution in [3.63, 3.8) is 0 Å². The molecule has 0 saturated carbocycles. The van der Waals surface area contributed by atoms with Crippen LogP contribution in [-0.2, 0) is 6.61 Å². The Bertz CT molecular complexity index is 1020. The van der Waals surface area contributed by atoms with Gasteiger partial charge in [0.15, 0.2) is 0 Å². The predicted octanol–water partition coefficient (Wildman–Crippen LogP) is 5.76. The topological polar surface area (TPSA) is 47.6 Å². The number of hydrogen-bond acceptors (Lipinski definition) is 3. The second-order valence-electron chi connectivity index (χ2n) is 7.41. The van der Waals surface area contributed by atoms with E-state index < -0.39 is 0 Å². The Balaban J connectivity index is 1.80. The van der Waals surface area contributed by atoms with Gasteiger partial charge < -0.3 is 14.8 Å². The van der Waals surface area contributed by atoms with E-state index in [9.17, 15) is 4.79 Å². The summed E-state index contributed by atoms with van der Waals surface area (Å²) >= 11 is 0. The first-order chi connectivity index (χ1) is 13.9. The fourth-order valence-electron chi connectivity index (χ4n) is 3.27. The SMILES string of the molecule is COc1ccc(C(=O)Nc2cc(C)ccc2C)cc1COc1cc(C)cc(C)c1. The second-order valence-corrected chi connectivity index (χ2v) is 7.41. The van der Waals surface area contributed by atoms with E-state index in [0.717, 1.165) is 39.3 Å². The average Bonchev–Trinajstić information content (AvgIpc) is 2.68. The van der Waals surface area contributed by atoms with Gasteiger partial charge in [-0.2, -0.15) is 0 Å². The average molecular weight is 389 g/mol. The maximum Gasteiger partial charge on any atom is 0.255 e. The van der Waals surface area contributed by atoms with E-state index in [2.05, 4.69) is 11.4 Å². The van der Waals surface area contributed by atoms with Gasteiger partial charge in [-0.1, -0.05) is 18.2 Å². The van der Waals surface area contributed by atoms with E-state index in [-0.39, 0.29) is 5.91 Å². The largest absolute Gasteiger partial charge is 0.496 e. The minimum Gasteiger partial charge on any atom is -0.496 e. The lowest BCUT2D eigenvalue weighted by atomic mass is 10.1. The Morgan fingerprint density at radius 3 is 2.28 bits per heavy atom. The van der Waals surface area contributed by atoms with E-state index in [1.54, 1.807) is 19.2 Å². The zero-order valence-corrected chi connectivity index (χ0v) is 17.6. The first kappa shape index (κ1) is 20.5. The summed E-state index contributed by atoms with van der Waals surface area (Å²) < 4.78 is 11.4. The maximum absolute atomic E-state index is 12.8. The summed E-state index contributed by atoms with van der Waals surface area (Å²) in [6.07, 6.45) is 0. The molecule has 0 aromatic heterocycles. The van der Waals surface area contributed by atoms with Crippen LogP contribution in [0.5, 0.6) is 11.5 Å². The molecule has 1 amide bonds. The predicted molar refractivity (Wildman–Crippen MR) is 117 cm³/mol. The number of rotatable bonds is 6. The van der Waals surface area contributed by atoms with Crippen LogP contribution in [0.3, 0.4) is 0 Å². The van der Waals surface area contributed by atoms with Gasteiger partial charge >= 0.3 is 0 Å². The number of anilines is 1. The number of benzene rings is 3. The smallest absolute Gasteiger partial charge is 0.255 e. The van der Waals surface area contributed by atoms with Crippen LogP contribution in [0.2, 0.25) is 0 Å². The summed E-state index contributed by atoms with van der Waals surface area (Å²) in [4.78, 5) is 12.8. The molecule has 0 unspecified atom stereocenters. The van der Waals surface area contributed by atoms with Crippen LogP contribution in [0.15, 0.2) is 54.6 Å². The highest BCUT2D eigenvalue weighted by molar-refractivity contribution is 6.04. The number of hydrogen-bond donors (Lipinski definition) is 1. The molecule has 150 valence electrons. The Hall–Kier alpha value is -3.27. The monoisotopic (exact) mass is 389 g/mol. The third kappa shape index (κ3) is 5.17. The van der Waals surface area contributed by atoms with Gasteiger partial charge in [-0.25, -0.2) is 0 Å². The lowest BCUT2D eigenvalue weighted by molar-refractivity contribution is 0.102. The summed E-state index contributed by atoms with van der Waals surface area (Å²) in [6.45, 7) is 8.38.